The molecule has 0 radical (unpaired) electrons. The highest BCUT2D eigenvalue weighted by molar-refractivity contribution is 8.18. The van der Waals surface area contributed by atoms with E-state index in [9.17, 15) is 14.0 Å². The minimum absolute atomic E-state index is 0.180. The first-order valence-corrected chi connectivity index (χ1v) is 9.67. The van der Waals surface area contributed by atoms with Crippen LogP contribution in [0.1, 0.15) is 12.5 Å². The van der Waals surface area contributed by atoms with Crippen molar-refractivity contribution in [3.63, 3.8) is 0 Å². The molecule has 29 heavy (non-hydrogen) atoms. The van der Waals surface area contributed by atoms with Crippen LogP contribution >= 0.6 is 11.8 Å². The van der Waals surface area contributed by atoms with Crippen molar-refractivity contribution in [1.29, 1.82) is 0 Å². The maximum Gasteiger partial charge on any atom is 0.343 e. The van der Waals surface area contributed by atoms with Crippen molar-refractivity contribution in [3.8, 4) is 5.75 Å². The Hall–Kier alpha value is -3.13. The van der Waals surface area contributed by atoms with Crippen molar-refractivity contribution in [2.24, 2.45) is 4.99 Å². The van der Waals surface area contributed by atoms with Crippen LogP contribution in [0.4, 0.5) is 10.1 Å². The molecule has 0 N–H and O–H groups in total. The smallest absolute Gasteiger partial charge is 0.343 e. The molecule has 0 saturated carbocycles. The second-order valence-corrected chi connectivity index (χ2v) is 6.94. The molecule has 0 bridgehead atoms. The molecule has 1 aliphatic heterocycles. The Morgan fingerprint density at radius 1 is 1.21 bits per heavy atom. The molecule has 3 rings (SSSR count). The molecule has 1 amide bonds. The summed E-state index contributed by atoms with van der Waals surface area (Å²) in [5.41, 5.74) is 1.22. The zero-order chi connectivity index (χ0) is 20.8. The van der Waals surface area contributed by atoms with Gasteiger partial charge in [0.1, 0.15) is 11.6 Å². The number of aliphatic imine (C=N–C) groups is 1. The summed E-state index contributed by atoms with van der Waals surface area (Å²) >= 11 is 1.23. The fourth-order valence-corrected chi connectivity index (χ4v) is 3.62. The Morgan fingerprint density at radius 2 is 1.93 bits per heavy atom. The Bertz CT molecular complexity index is 973. The van der Waals surface area contributed by atoms with E-state index in [0.717, 1.165) is 0 Å². The Labute approximate surface area is 172 Å². The zero-order valence-corrected chi connectivity index (χ0v) is 16.7. The third-order valence-corrected chi connectivity index (χ3v) is 5.04. The fourth-order valence-electron chi connectivity index (χ4n) is 2.56. The molecule has 0 aliphatic carbocycles. The molecule has 1 fully saturated rings. The van der Waals surface area contributed by atoms with Gasteiger partial charge in [-0.15, -0.1) is 0 Å². The van der Waals surface area contributed by atoms with Gasteiger partial charge >= 0.3 is 5.97 Å². The molecule has 2 aromatic rings. The van der Waals surface area contributed by atoms with E-state index < -0.39 is 5.97 Å². The number of esters is 1. The zero-order valence-electron chi connectivity index (χ0n) is 15.9. The van der Waals surface area contributed by atoms with Gasteiger partial charge in [-0.1, -0.05) is 18.2 Å². The Balaban J connectivity index is 1.88. The maximum absolute atomic E-state index is 13.1. The third-order valence-electron chi connectivity index (χ3n) is 4.03. The van der Waals surface area contributed by atoms with Gasteiger partial charge in [-0.25, -0.2) is 14.2 Å². The van der Waals surface area contributed by atoms with Crippen molar-refractivity contribution in [2.75, 3.05) is 20.3 Å². The SMILES string of the molecule is CCN1C(=O)/C(=C\c2ccccc2OCC(=O)OC)SC1=Nc1ccc(F)cc1. The summed E-state index contributed by atoms with van der Waals surface area (Å²) in [5.74, 6) is -0.558. The molecule has 0 aromatic heterocycles. The lowest BCUT2D eigenvalue weighted by Crippen LogP contribution is -2.28. The van der Waals surface area contributed by atoms with Gasteiger partial charge in [0, 0.05) is 12.1 Å². The fraction of sp³-hybridized carbons (Fsp3) is 0.190. The molecule has 8 heteroatoms. The summed E-state index contributed by atoms with van der Waals surface area (Å²) in [7, 11) is 1.29. The third kappa shape index (κ3) is 5.03. The molecule has 150 valence electrons. The van der Waals surface area contributed by atoms with Crippen molar-refractivity contribution < 1.29 is 23.5 Å². The van der Waals surface area contributed by atoms with Crippen molar-refractivity contribution in [3.05, 3.63) is 64.8 Å². The number of halogens is 1. The first kappa shape index (κ1) is 20.6. The number of hydrogen-bond donors (Lipinski definition) is 0. The summed E-state index contributed by atoms with van der Waals surface area (Å²) in [6.07, 6.45) is 1.70. The van der Waals surface area contributed by atoms with E-state index >= 15 is 0 Å². The summed E-state index contributed by atoms with van der Waals surface area (Å²) in [6, 6.07) is 12.8. The highest BCUT2D eigenvalue weighted by Gasteiger charge is 2.32. The lowest BCUT2D eigenvalue weighted by molar-refractivity contribution is -0.142. The number of carbonyl (C=O) groups is 2. The number of nitrogens with zero attached hydrogens (tertiary/aromatic N) is 2. The predicted octanol–water partition coefficient (Wildman–Crippen LogP) is 4.00. The normalized spacial score (nSPS) is 16.5. The van der Waals surface area contributed by atoms with Crippen LogP contribution in [0.5, 0.6) is 5.75 Å². The van der Waals surface area contributed by atoms with Crippen molar-refractivity contribution in [1.82, 2.24) is 4.90 Å². The van der Waals surface area contributed by atoms with Crippen LogP contribution in [-0.4, -0.2) is 42.2 Å². The molecule has 2 aromatic carbocycles. The van der Waals surface area contributed by atoms with E-state index in [-0.39, 0.29) is 18.3 Å². The number of amides is 1. The van der Waals surface area contributed by atoms with Gasteiger partial charge in [0.25, 0.3) is 5.91 Å². The number of rotatable bonds is 6. The topological polar surface area (TPSA) is 68.2 Å². The van der Waals surface area contributed by atoms with Crippen LogP contribution in [-0.2, 0) is 14.3 Å². The monoisotopic (exact) mass is 414 g/mol. The van der Waals surface area contributed by atoms with E-state index in [1.54, 1.807) is 41.3 Å². The van der Waals surface area contributed by atoms with Gasteiger partial charge in [-0.05, 0) is 55.1 Å². The predicted molar refractivity (Wildman–Crippen MR) is 110 cm³/mol. The number of thioether (sulfide) groups is 1. The number of likely N-dealkylation sites (N-methyl/N-ethyl adjacent to an activating group) is 1. The minimum atomic E-state index is -0.496. The first-order valence-electron chi connectivity index (χ1n) is 8.86. The van der Waals surface area contributed by atoms with Crippen LogP contribution < -0.4 is 4.74 Å². The van der Waals surface area contributed by atoms with E-state index in [1.165, 1.54) is 31.0 Å². The van der Waals surface area contributed by atoms with Crippen molar-refractivity contribution >= 4 is 40.6 Å². The average molecular weight is 414 g/mol. The maximum atomic E-state index is 13.1. The second-order valence-electron chi connectivity index (χ2n) is 5.93. The minimum Gasteiger partial charge on any atom is -0.481 e. The van der Waals surface area contributed by atoms with E-state index in [0.29, 0.717) is 33.6 Å². The number of hydrogen-bond acceptors (Lipinski definition) is 6. The molecular formula is C21H19FN2O4S. The largest absolute Gasteiger partial charge is 0.481 e. The van der Waals surface area contributed by atoms with Gasteiger partial charge in [0.15, 0.2) is 11.8 Å². The number of ether oxygens (including phenoxy) is 2. The van der Waals surface area contributed by atoms with E-state index in [1.807, 2.05) is 13.0 Å². The molecular weight excluding hydrogens is 395 g/mol. The van der Waals surface area contributed by atoms with Crippen LogP contribution in [0.2, 0.25) is 0 Å². The lowest BCUT2D eigenvalue weighted by Gasteiger charge is -2.12. The van der Waals surface area contributed by atoms with Gasteiger partial charge < -0.3 is 9.47 Å². The van der Waals surface area contributed by atoms with E-state index in [4.69, 9.17) is 4.74 Å². The lowest BCUT2D eigenvalue weighted by atomic mass is 10.2. The van der Waals surface area contributed by atoms with Gasteiger partial charge in [0.2, 0.25) is 0 Å². The average Bonchev–Trinajstić information content (AvgIpc) is 3.02. The number of para-hydroxylation sites is 1. The van der Waals surface area contributed by atoms with Crippen LogP contribution in [0.3, 0.4) is 0 Å². The standard InChI is InChI=1S/C21H19FN2O4S/c1-3-24-20(26)18(29-21(24)23-16-10-8-15(22)9-11-16)12-14-6-4-5-7-17(14)28-13-19(25)27-2/h4-12H,3,13H2,1-2H3/b18-12+,23-21?. The second kappa shape index (κ2) is 9.38. The summed E-state index contributed by atoms with van der Waals surface area (Å²) in [6.45, 7) is 2.08. The van der Waals surface area contributed by atoms with Crippen LogP contribution in [0, 0.1) is 5.82 Å². The van der Waals surface area contributed by atoms with Gasteiger partial charge in [-0.2, -0.15) is 0 Å². The molecule has 1 heterocycles. The summed E-state index contributed by atoms with van der Waals surface area (Å²) in [4.78, 5) is 30.6. The van der Waals surface area contributed by atoms with Gasteiger partial charge in [-0.3, -0.25) is 9.69 Å². The molecule has 0 unspecified atom stereocenters. The molecule has 6 nitrogen and oxygen atoms in total. The highest BCUT2D eigenvalue weighted by Crippen LogP contribution is 2.35. The van der Waals surface area contributed by atoms with Crippen LogP contribution in [0.25, 0.3) is 6.08 Å². The molecule has 0 spiro atoms. The molecule has 1 saturated heterocycles. The Kier molecular flexibility index (Phi) is 6.66. The quantitative estimate of drug-likeness (QED) is 0.528. The highest BCUT2D eigenvalue weighted by atomic mass is 32.2. The van der Waals surface area contributed by atoms with Gasteiger partial charge in [0.05, 0.1) is 17.7 Å². The molecule has 0 atom stereocenters. The summed E-state index contributed by atoms with van der Waals surface area (Å²) in [5, 5.41) is 0.517. The summed E-state index contributed by atoms with van der Waals surface area (Å²) < 4.78 is 23.2. The number of amidine groups is 1. The van der Waals surface area contributed by atoms with Crippen LogP contribution in [0.15, 0.2) is 58.4 Å². The first-order chi connectivity index (χ1) is 14.0. The Morgan fingerprint density at radius 3 is 2.62 bits per heavy atom. The van der Waals surface area contributed by atoms with E-state index in [2.05, 4.69) is 9.73 Å². The van der Waals surface area contributed by atoms with Crippen molar-refractivity contribution in [2.45, 2.75) is 6.92 Å². The molecule has 1 aliphatic rings. The number of methoxy groups -OCH3 is 1. The number of benzene rings is 2. The number of carbonyl (C=O) groups excluding carboxylic acids is 2.